The molecule has 0 saturated heterocycles. The lowest BCUT2D eigenvalue weighted by Crippen LogP contribution is -2.07. The molecule has 5 aromatic rings. The summed E-state index contributed by atoms with van der Waals surface area (Å²) in [6, 6.07) is 11.6. The average molecular weight is 443 g/mol. The minimum atomic E-state index is 0.226. The van der Waals surface area contributed by atoms with Crippen LogP contribution in [0.2, 0.25) is 0 Å². The van der Waals surface area contributed by atoms with Crippen LogP contribution in [0.5, 0.6) is 11.5 Å². The van der Waals surface area contributed by atoms with Gasteiger partial charge in [0, 0.05) is 36.1 Å². The van der Waals surface area contributed by atoms with Crippen LogP contribution in [0, 0.1) is 0 Å². The normalized spacial score (nSPS) is 12.2. The molecule has 0 unspecified atom stereocenters. The molecule has 0 amide bonds. The molecule has 1 aromatic carbocycles. The molecule has 0 spiro atoms. The van der Waals surface area contributed by atoms with Crippen molar-refractivity contribution in [3.05, 3.63) is 71.4 Å². The highest BCUT2D eigenvalue weighted by atomic mass is 32.1. The molecular weight excluding hydrogens is 426 g/mol. The van der Waals surface area contributed by atoms with Crippen LogP contribution < -0.4 is 20.1 Å². The van der Waals surface area contributed by atoms with Crippen LogP contribution in [-0.2, 0) is 6.54 Å². The summed E-state index contributed by atoms with van der Waals surface area (Å²) in [5.74, 6) is 2.50. The molecule has 6 rings (SSSR count). The van der Waals surface area contributed by atoms with Gasteiger partial charge in [-0.25, -0.2) is 4.98 Å². The first-order valence-corrected chi connectivity index (χ1v) is 10.8. The molecule has 0 atom stereocenters. The molecule has 32 heavy (non-hydrogen) atoms. The number of nitrogens with one attached hydrogen (secondary N) is 2. The number of hydrogen-bond acceptors (Lipinski definition) is 9. The molecule has 1 aliphatic heterocycles. The molecule has 1 aliphatic rings. The number of imidazole rings is 1. The Labute approximate surface area is 186 Å². The topological polar surface area (TPSA) is 99.0 Å². The Morgan fingerprint density at radius 3 is 2.94 bits per heavy atom. The van der Waals surface area contributed by atoms with Crippen molar-refractivity contribution >= 4 is 40.0 Å². The minimum Gasteiger partial charge on any atom is -0.454 e. The molecule has 0 saturated carbocycles. The minimum absolute atomic E-state index is 0.226. The van der Waals surface area contributed by atoms with E-state index in [1.165, 1.54) is 0 Å². The first kappa shape index (κ1) is 18.6. The lowest BCUT2D eigenvalue weighted by Gasteiger charge is -2.11. The van der Waals surface area contributed by atoms with Gasteiger partial charge in [0.25, 0.3) is 0 Å². The summed E-state index contributed by atoms with van der Waals surface area (Å²) in [6.45, 7) is 0.777. The van der Waals surface area contributed by atoms with E-state index in [0.29, 0.717) is 35.2 Å². The zero-order valence-corrected chi connectivity index (χ0v) is 17.5. The highest BCUT2D eigenvalue weighted by molar-refractivity contribution is 7.08. The van der Waals surface area contributed by atoms with Crippen molar-refractivity contribution in [2.75, 3.05) is 17.4 Å². The van der Waals surface area contributed by atoms with Crippen molar-refractivity contribution in [2.24, 2.45) is 0 Å². The summed E-state index contributed by atoms with van der Waals surface area (Å²) >= 11 is 1.62. The number of pyridine rings is 1. The van der Waals surface area contributed by atoms with Gasteiger partial charge < -0.3 is 20.1 Å². The third kappa shape index (κ3) is 3.46. The summed E-state index contributed by atoms with van der Waals surface area (Å²) in [6.07, 6.45) is 5.32. The maximum absolute atomic E-state index is 5.50. The van der Waals surface area contributed by atoms with Crippen molar-refractivity contribution < 1.29 is 9.47 Å². The summed E-state index contributed by atoms with van der Waals surface area (Å²) in [5.41, 5.74) is 4.23. The zero-order chi connectivity index (χ0) is 21.3. The zero-order valence-electron chi connectivity index (χ0n) is 16.7. The maximum atomic E-state index is 5.50. The largest absolute Gasteiger partial charge is 0.454 e. The third-order valence-electron chi connectivity index (χ3n) is 4.99. The van der Waals surface area contributed by atoms with Crippen LogP contribution >= 0.6 is 11.3 Å². The van der Waals surface area contributed by atoms with Gasteiger partial charge in [0.2, 0.25) is 12.7 Å². The highest BCUT2D eigenvalue weighted by Crippen LogP contribution is 2.36. The van der Waals surface area contributed by atoms with E-state index in [-0.39, 0.29) is 6.79 Å². The molecule has 158 valence electrons. The molecule has 0 bridgehead atoms. The van der Waals surface area contributed by atoms with Crippen LogP contribution in [0.25, 0.3) is 16.9 Å². The number of nitrogens with zero attached hydrogens (tertiary/aromatic N) is 5. The van der Waals surface area contributed by atoms with E-state index >= 15 is 0 Å². The Balaban J connectivity index is 1.40. The van der Waals surface area contributed by atoms with Gasteiger partial charge in [-0.2, -0.15) is 21.3 Å². The van der Waals surface area contributed by atoms with Crippen molar-refractivity contribution in [2.45, 2.75) is 6.54 Å². The number of hydrogen-bond donors (Lipinski definition) is 2. The number of ether oxygens (including phenoxy) is 2. The number of anilines is 3. The van der Waals surface area contributed by atoms with Gasteiger partial charge in [0.05, 0.1) is 5.69 Å². The van der Waals surface area contributed by atoms with E-state index in [1.807, 2.05) is 52.5 Å². The fourth-order valence-electron chi connectivity index (χ4n) is 3.44. The van der Waals surface area contributed by atoms with E-state index in [0.717, 1.165) is 22.7 Å². The fraction of sp³-hybridized carbons (Fsp3) is 0.0909. The summed E-state index contributed by atoms with van der Waals surface area (Å²) < 4.78 is 12.9. The van der Waals surface area contributed by atoms with Crippen molar-refractivity contribution in [3.63, 3.8) is 0 Å². The van der Waals surface area contributed by atoms with Gasteiger partial charge in [-0.05, 0) is 35.2 Å². The summed E-state index contributed by atoms with van der Waals surface area (Å²) in [4.78, 5) is 18.2. The van der Waals surface area contributed by atoms with Crippen LogP contribution in [0.1, 0.15) is 5.56 Å². The second kappa shape index (κ2) is 7.82. The van der Waals surface area contributed by atoms with Gasteiger partial charge in [-0.3, -0.25) is 9.55 Å². The molecule has 2 N–H and O–H groups in total. The molecule has 5 heterocycles. The van der Waals surface area contributed by atoms with Crippen molar-refractivity contribution in [1.29, 1.82) is 0 Å². The van der Waals surface area contributed by atoms with Crippen molar-refractivity contribution in [1.82, 2.24) is 24.5 Å². The molecule has 0 radical (unpaired) electrons. The second-order valence-corrected chi connectivity index (χ2v) is 7.85. The maximum Gasteiger partial charge on any atom is 0.231 e. The summed E-state index contributed by atoms with van der Waals surface area (Å²) in [7, 11) is 0. The van der Waals surface area contributed by atoms with E-state index in [2.05, 4.69) is 26.0 Å². The Morgan fingerprint density at radius 1 is 1.09 bits per heavy atom. The number of thiophene rings is 1. The highest BCUT2D eigenvalue weighted by Gasteiger charge is 2.17. The van der Waals surface area contributed by atoms with E-state index in [4.69, 9.17) is 19.4 Å². The number of rotatable bonds is 6. The van der Waals surface area contributed by atoms with Gasteiger partial charge in [-0.15, -0.1) is 0 Å². The smallest absolute Gasteiger partial charge is 0.231 e. The first-order valence-electron chi connectivity index (χ1n) is 9.90. The average Bonchev–Trinajstić information content (AvgIpc) is 3.58. The van der Waals surface area contributed by atoms with Crippen LogP contribution in [0.15, 0.2) is 65.9 Å². The quantitative estimate of drug-likeness (QED) is 0.399. The molecule has 0 aliphatic carbocycles. The molecular formula is C22H17N7O2S. The van der Waals surface area contributed by atoms with Gasteiger partial charge in [-0.1, -0.05) is 6.07 Å². The van der Waals surface area contributed by atoms with Gasteiger partial charge >= 0.3 is 0 Å². The Bertz CT molecular complexity index is 1390. The molecule has 9 nitrogen and oxygen atoms in total. The Morgan fingerprint density at radius 2 is 2.06 bits per heavy atom. The monoisotopic (exact) mass is 443 g/mol. The summed E-state index contributed by atoms with van der Waals surface area (Å²) in [5, 5.41) is 10.7. The Kier molecular flexibility index (Phi) is 4.54. The van der Waals surface area contributed by atoms with Gasteiger partial charge in [0.15, 0.2) is 28.5 Å². The first-order chi connectivity index (χ1) is 15.8. The van der Waals surface area contributed by atoms with E-state index in [9.17, 15) is 0 Å². The SMILES string of the molecule is c1cncc(CNc2nc(Nc3ccc4c(c3)OCO4)c3ncn(-c4ccsc4)c3n2)c1. The Hall–Kier alpha value is -4.18. The third-order valence-corrected chi connectivity index (χ3v) is 5.66. The lowest BCUT2D eigenvalue weighted by atomic mass is 10.2. The number of fused-ring (bicyclic) bond motifs is 2. The number of benzene rings is 1. The second-order valence-electron chi connectivity index (χ2n) is 7.07. The van der Waals surface area contributed by atoms with Crippen LogP contribution in [-0.4, -0.2) is 31.3 Å². The van der Waals surface area contributed by atoms with E-state index in [1.54, 1.807) is 23.9 Å². The standard InChI is InChI=1S/C22H17N7O2S/c1-2-14(9-23-6-1)10-24-22-27-20(26-15-3-4-17-18(8-15)31-13-30-17)19-21(28-22)29(12-25-19)16-5-7-32-11-16/h1-9,11-12H,10,13H2,(H2,24,26,27,28). The molecule has 10 heteroatoms. The predicted octanol–water partition coefficient (Wildman–Crippen LogP) is 4.36. The molecule has 0 fully saturated rings. The number of aromatic nitrogens is 5. The van der Waals surface area contributed by atoms with Crippen LogP contribution in [0.3, 0.4) is 0 Å². The van der Waals surface area contributed by atoms with Gasteiger partial charge in [0.1, 0.15) is 6.33 Å². The molecule has 4 aromatic heterocycles. The predicted molar refractivity (Wildman–Crippen MR) is 122 cm³/mol. The lowest BCUT2D eigenvalue weighted by molar-refractivity contribution is 0.174. The van der Waals surface area contributed by atoms with E-state index < -0.39 is 0 Å². The van der Waals surface area contributed by atoms with Crippen LogP contribution in [0.4, 0.5) is 17.5 Å². The van der Waals surface area contributed by atoms with Crippen molar-refractivity contribution in [3.8, 4) is 17.2 Å². The fourth-order valence-corrected chi connectivity index (χ4v) is 4.07.